The Morgan fingerprint density at radius 2 is 1.88 bits per heavy atom. The molecule has 5 nitrogen and oxygen atoms in total. The number of thioether (sulfide) groups is 1. The van der Waals surface area contributed by atoms with E-state index in [9.17, 15) is 8.42 Å². The van der Waals surface area contributed by atoms with E-state index in [1.54, 1.807) is 18.2 Å². The first-order valence-corrected chi connectivity index (χ1v) is 10.0. The summed E-state index contributed by atoms with van der Waals surface area (Å²) in [6.45, 7) is 4.48. The highest BCUT2D eigenvalue weighted by atomic mass is 32.2. The van der Waals surface area contributed by atoms with Crippen LogP contribution in [0.2, 0.25) is 0 Å². The minimum absolute atomic E-state index is 0.202. The highest BCUT2D eigenvalue weighted by molar-refractivity contribution is 7.98. The second kappa shape index (κ2) is 8.29. The standard InChI is InChI=1S/C17H19N3O2S2/c1-3-20(4-2)24(21,22)16-9-10-17(19-12-16)23-13-15-8-6-5-7-14(15)11-18/h5-10,12H,3-4,13H2,1-2H3. The van der Waals surface area contributed by atoms with Crippen molar-refractivity contribution in [3.63, 3.8) is 0 Å². The van der Waals surface area contributed by atoms with Gasteiger partial charge in [-0.25, -0.2) is 13.4 Å². The first kappa shape index (κ1) is 18.5. The molecule has 7 heteroatoms. The number of benzene rings is 1. The second-order valence-electron chi connectivity index (χ2n) is 4.98. The van der Waals surface area contributed by atoms with Crippen LogP contribution in [0.15, 0.2) is 52.5 Å². The quantitative estimate of drug-likeness (QED) is 0.708. The zero-order valence-corrected chi connectivity index (χ0v) is 15.3. The molecular formula is C17H19N3O2S2. The Kier molecular flexibility index (Phi) is 6.37. The monoisotopic (exact) mass is 361 g/mol. The van der Waals surface area contributed by atoms with Crippen LogP contribution in [0.3, 0.4) is 0 Å². The molecule has 0 saturated heterocycles. The molecule has 1 aromatic carbocycles. The fourth-order valence-electron chi connectivity index (χ4n) is 2.22. The van der Waals surface area contributed by atoms with Crippen molar-refractivity contribution >= 4 is 21.8 Å². The third kappa shape index (κ3) is 4.15. The summed E-state index contributed by atoms with van der Waals surface area (Å²) in [7, 11) is -3.48. The summed E-state index contributed by atoms with van der Waals surface area (Å²) in [6.07, 6.45) is 1.40. The first-order chi connectivity index (χ1) is 11.5. The molecule has 0 spiro atoms. The molecule has 0 saturated carbocycles. The van der Waals surface area contributed by atoms with E-state index >= 15 is 0 Å². The van der Waals surface area contributed by atoms with E-state index in [1.165, 1.54) is 22.3 Å². The third-order valence-electron chi connectivity index (χ3n) is 3.57. The Balaban J connectivity index is 2.12. The van der Waals surface area contributed by atoms with Gasteiger partial charge in [0.2, 0.25) is 10.0 Å². The maximum atomic E-state index is 12.4. The molecule has 0 amide bonds. The zero-order chi connectivity index (χ0) is 17.6. The van der Waals surface area contributed by atoms with Crippen LogP contribution in [-0.4, -0.2) is 30.8 Å². The summed E-state index contributed by atoms with van der Waals surface area (Å²) in [4.78, 5) is 4.44. The van der Waals surface area contributed by atoms with Crippen molar-refractivity contribution in [1.82, 2.24) is 9.29 Å². The average molecular weight is 361 g/mol. The van der Waals surface area contributed by atoms with E-state index in [0.717, 1.165) is 10.6 Å². The van der Waals surface area contributed by atoms with Crippen molar-refractivity contribution in [3.8, 4) is 6.07 Å². The lowest BCUT2D eigenvalue weighted by Gasteiger charge is -2.18. The Morgan fingerprint density at radius 3 is 2.46 bits per heavy atom. The van der Waals surface area contributed by atoms with E-state index in [0.29, 0.717) is 24.4 Å². The Morgan fingerprint density at radius 1 is 1.17 bits per heavy atom. The second-order valence-corrected chi connectivity index (χ2v) is 7.91. The summed E-state index contributed by atoms with van der Waals surface area (Å²) < 4.78 is 26.2. The van der Waals surface area contributed by atoms with Gasteiger partial charge < -0.3 is 0 Å². The fraction of sp³-hybridized carbons (Fsp3) is 0.294. The summed E-state index contributed by atoms with van der Waals surface area (Å²) >= 11 is 1.47. The lowest BCUT2D eigenvalue weighted by atomic mass is 10.1. The van der Waals surface area contributed by atoms with E-state index < -0.39 is 10.0 Å². The molecule has 1 aromatic heterocycles. The van der Waals surface area contributed by atoms with Crippen molar-refractivity contribution in [2.75, 3.05) is 13.1 Å². The van der Waals surface area contributed by atoms with Crippen molar-refractivity contribution in [3.05, 3.63) is 53.7 Å². The predicted molar refractivity (Wildman–Crippen MR) is 95.1 cm³/mol. The van der Waals surface area contributed by atoms with Gasteiger partial charge in [0.1, 0.15) is 4.90 Å². The largest absolute Gasteiger partial charge is 0.249 e. The number of nitrogens with zero attached hydrogens (tertiary/aromatic N) is 3. The van der Waals surface area contributed by atoms with E-state index in [1.807, 2.05) is 32.0 Å². The van der Waals surface area contributed by atoms with Crippen LogP contribution in [0.4, 0.5) is 0 Å². The van der Waals surface area contributed by atoms with Crippen LogP contribution in [0.25, 0.3) is 0 Å². The van der Waals surface area contributed by atoms with Crippen molar-refractivity contribution < 1.29 is 8.42 Å². The SMILES string of the molecule is CCN(CC)S(=O)(=O)c1ccc(SCc2ccccc2C#N)nc1. The third-order valence-corrected chi connectivity index (χ3v) is 6.59. The lowest BCUT2D eigenvalue weighted by Crippen LogP contribution is -2.30. The van der Waals surface area contributed by atoms with Crippen molar-refractivity contribution in [1.29, 1.82) is 5.26 Å². The molecule has 0 fully saturated rings. The van der Waals surface area contributed by atoms with Gasteiger partial charge in [0, 0.05) is 25.0 Å². The van der Waals surface area contributed by atoms with E-state index in [4.69, 9.17) is 5.26 Å². The van der Waals surface area contributed by atoms with Crippen LogP contribution in [0.5, 0.6) is 0 Å². The average Bonchev–Trinajstić information content (AvgIpc) is 2.61. The highest BCUT2D eigenvalue weighted by Crippen LogP contribution is 2.24. The van der Waals surface area contributed by atoms with Crippen molar-refractivity contribution in [2.45, 2.75) is 29.5 Å². The Bertz CT molecular complexity index is 824. The van der Waals surface area contributed by atoms with Gasteiger partial charge in [-0.1, -0.05) is 32.0 Å². The predicted octanol–water partition coefficient (Wildman–Crippen LogP) is 3.28. The summed E-state index contributed by atoms with van der Waals surface area (Å²) in [6, 6.07) is 12.9. The van der Waals surface area contributed by atoms with Gasteiger partial charge in [-0.15, -0.1) is 11.8 Å². The number of hydrogen-bond acceptors (Lipinski definition) is 5. The number of pyridine rings is 1. The Hall–Kier alpha value is -1.88. The van der Waals surface area contributed by atoms with Crippen LogP contribution in [0.1, 0.15) is 25.0 Å². The van der Waals surface area contributed by atoms with E-state index in [-0.39, 0.29) is 4.90 Å². The molecular weight excluding hydrogens is 342 g/mol. The molecule has 0 unspecified atom stereocenters. The maximum absolute atomic E-state index is 12.4. The number of aromatic nitrogens is 1. The van der Waals surface area contributed by atoms with Gasteiger partial charge >= 0.3 is 0 Å². The normalized spacial score (nSPS) is 11.4. The molecule has 0 aliphatic carbocycles. The number of rotatable bonds is 7. The lowest BCUT2D eigenvalue weighted by molar-refractivity contribution is 0.445. The van der Waals surface area contributed by atoms with Gasteiger partial charge in [-0.05, 0) is 23.8 Å². The molecule has 126 valence electrons. The van der Waals surface area contributed by atoms with Crippen LogP contribution in [-0.2, 0) is 15.8 Å². The molecule has 0 N–H and O–H groups in total. The van der Waals surface area contributed by atoms with Crippen LogP contribution in [0, 0.1) is 11.3 Å². The van der Waals surface area contributed by atoms with Gasteiger partial charge in [-0.2, -0.15) is 9.57 Å². The Labute approximate surface area is 147 Å². The summed E-state index contributed by atoms with van der Waals surface area (Å²) in [5.74, 6) is 0.610. The topological polar surface area (TPSA) is 74.1 Å². The van der Waals surface area contributed by atoms with Gasteiger partial charge in [0.15, 0.2) is 0 Å². The number of nitriles is 1. The molecule has 24 heavy (non-hydrogen) atoms. The van der Waals surface area contributed by atoms with Gasteiger partial charge in [0.05, 0.1) is 16.7 Å². The highest BCUT2D eigenvalue weighted by Gasteiger charge is 2.21. The number of sulfonamides is 1. The summed E-state index contributed by atoms with van der Waals surface area (Å²) in [5, 5.41) is 9.82. The maximum Gasteiger partial charge on any atom is 0.244 e. The first-order valence-electron chi connectivity index (χ1n) is 7.60. The van der Waals surface area contributed by atoms with Gasteiger partial charge in [-0.3, -0.25) is 0 Å². The molecule has 1 heterocycles. The molecule has 0 aliphatic heterocycles. The molecule has 0 atom stereocenters. The van der Waals surface area contributed by atoms with E-state index in [2.05, 4.69) is 11.1 Å². The minimum Gasteiger partial charge on any atom is -0.249 e. The molecule has 2 aromatic rings. The number of hydrogen-bond donors (Lipinski definition) is 0. The summed E-state index contributed by atoms with van der Waals surface area (Å²) in [5.41, 5.74) is 1.58. The van der Waals surface area contributed by atoms with Gasteiger partial charge in [0.25, 0.3) is 0 Å². The zero-order valence-electron chi connectivity index (χ0n) is 13.6. The minimum atomic E-state index is -3.48. The smallest absolute Gasteiger partial charge is 0.244 e. The molecule has 0 radical (unpaired) electrons. The molecule has 0 bridgehead atoms. The van der Waals surface area contributed by atoms with Crippen LogP contribution < -0.4 is 0 Å². The molecule has 2 rings (SSSR count). The van der Waals surface area contributed by atoms with Crippen molar-refractivity contribution in [2.24, 2.45) is 0 Å². The van der Waals surface area contributed by atoms with Crippen LogP contribution >= 0.6 is 11.8 Å². The fourth-order valence-corrected chi connectivity index (χ4v) is 4.47. The molecule has 0 aliphatic rings.